The summed E-state index contributed by atoms with van der Waals surface area (Å²) in [4.78, 5) is 10.4. The van der Waals surface area contributed by atoms with Crippen molar-refractivity contribution in [1.82, 2.24) is 0 Å². The molecule has 128 valence electrons. The van der Waals surface area contributed by atoms with E-state index in [2.05, 4.69) is 6.92 Å². The second kappa shape index (κ2) is 9.57. The Balaban J connectivity index is 1.36. The normalized spacial score (nSPS) is 29.5. The molecule has 2 rings (SSSR count). The maximum absolute atomic E-state index is 10.4. The second-order valence-electron chi connectivity index (χ2n) is 7.94. The predicted octanol–water partition coefficient (Wildman–Crippen LogP) is 6.04. The summed E-state index contributed by atoms with van der Waals surface area (Å²) in [6.45, 7) is 2.30. The first kappa shape index (κ1) is 17.8. The third-order valence-electron chi connectivity index (χ3n) is 5.89. The first-order valence-corrected chi connectivity index (χ1v) is 9.92. The largest absolute Gasteiger partial charge is 0.481 e. The Hall–Kier alpha value is -0.530. The van der Waals surface area contributed by atoms with E-state index in [1.165, 1.54) is 64.2 Å². The molecule has 2 heteroatoms. The van der Waals surface area contributed by atoms with Gasteiger partial charge in [0.15, 0.2) is 0 Å². The molecule has 1 unspecified atom stereocenters. The van der Waals surface area contributed by atoms with Gasteiger partial charge in [0.1, 0.15) is 0 Å². The summed E-state index contributed by atoms with van der Waals surface area (Å²) in [5, 5.41) is 8.58. The van der Waals surface area contributed by atoms with Gasteiger partial charge in [-0.25, -0.2) is 0 Å². The fourth-order valence-electron chi connectivity index (χ4n) is 4.16. The van der Waals surface area contributed by atoms with Gasteiger partial charge in [-0.15, -0.1) is 0 Å². The lowest BCUT2D eigenvalue weighted by atomic mass is 10.0. The van der Waals surface area contributed by atoms with Crippen LogP contribution >= 0.6 is 0 Å². The van der Waals surface area contributed by atoms with Gasteiger partial charge in [0, 0.05) is 6.42 Å². The number of rotatable bonds is 14. The molecule has 1 N–H and O–H groups in total. The number of carboxylic acids is 1. The number of carbonyl (C=O) groups is 1. The Bertz CT molecular complexity index is 326. The molecule has 0 saturated heterocycles. The summed E-state index contributed by atoms with van der Waals surface area (Å²) < 4.78 is 0. The molecule has 0 aliphatic heterocycles. The molecular weight excluding hydrogens is 272 g/mol. The minimum Gasteiger partial charge on any atom is -0.481 e. The number of hydrogen-bond donors (Lipinski definition) is 1. The number of unbranched alkanes of at least 4 members (excludes halogenated alkanes) is 6. The van der Waals surface area contributed by atoms with Gasteiger partial charge in [0.25, 0.3) is 0 Å². The van der Waals surface area contributed by atoms with Gasteiger partial charge < -0.3 is 5.11 Å². The smallest absolute Gasteiger partial charge is 0.303 e. The predicted molar refractivity (Wildman–Crippen MR) is 91.9 cm³/mol. The molecule has 0 aromatic carbocycles. The number of carboxylic acid groups (broad SMARTS) is 1. The van der Waals surface area contributed by atoms with Crippen molar-refractivity contribution in [3.63, 3.8) is 0 Å². The summed E-state index contributed by atoms with van der Waals surface area (Å²) in [7, 11) is 0. The third kappa shape index (κ3) is 7.15. The Morgan fingerprint density at radius 2 is 1.36 bits per heavy atom. The SMILES string of the molecule is CCCCC[C@@H]1CC1C[C@H]1C[C@H]1CCCCCCCC(=O)O. The Morgan fingerprint density at radius 1 is 0.818 bits per heavy atom. The lowest BCUT2D eigenvalue weighted by Crippen LogP contribution is -1.93. The van der Waals surface area contributed by atoms with E-state index in [0.29, 0.717) is 6.42 Å². The zero-order valence-corrected chi connectivity index (χ0v) is 14.6. The van der Waals surface area contributed by atoms with Crippen LogP contribution in [0.5, 0.6) is 0 Å². The van der Waals surface area contributed by atoms with Crippen molar-refractivity contribution in [2.75, 3.05) is 0 Å². The topological polar surface area (TPSA) is 37.3 Å². The molecule has 0 heterocycles. The molecule has 0 aromatic heterocycles. The lowest BCUT2D eigenvalue weighted by molar-refractivity contribution is -0.137. The van der Waals surface area contributed by atoms with Crippen LogP contribution in [0.1, 0.15) is 96.8 Å². The van der Waals surface area contributed by atoms with Gasteiger partial charge in [-0.2, -0.15) is 0 Å². The highest BCUT2D eigenvalue weighted by Gasteiger charge is 2.44. The van der Waals surface area contributed by atoms with Crippen molar-refractivity contribution < 1.29 is 9.90 Å². The molecule has 0 spiro atoms. The Kier molecular flexibility index (Phi) is 7.75. The van der Waals surface area contributed by atoms with Crippen LogP contribution in [-0.4, -0.2) is 11.1 Å². The van der Waals surface area contributed by atoms with Crippen LogP contribution < -0.4 is 0 Å². The monoisotopic (exact) mass is 308 g/mol. The van der Waals surface area contributed by atoms with Crippen LogP contribution in [-0.2, 0) is 4.79 Å². The van der Waals surface area contributed by atoms with E-state index in [0.717, 1.165) is 36.5 Å². The zero-order chi connectivity index (χ0) is 15.8. The molecule has 4 atom stereocenters. The van der Waals surface area contributed by atoms with E-state index in [1.807, 2.05) is 0 Å². The minimum atomic E-state index is -0.645. The molecule has 0 bridgehead atoms. The molecular formula is C20H36O2. The fraction of sp³-hybridized carbons (Fsp3) is 0.950. The van der Waals surface area contributed by atoms with Crippen LogP contribution in [0.15, 0.2) is 0 Å². The average molecular weight is 309 g/mol. The van der Waals surface area contributed by atoms with Crippen molar-refractivity contribution in [3.8, 4) is 0 Å². The zero-order valence-electron chi connectivity index (χ0n) is 14.6. The maximum Gasteiger partial charge on any atom is 0.303 e. The highest BCUT2D eigenvalue weighted by molar-refractivity contribution is 5.66. The summed E-state index contributed by atoms with van der Waals surface area (Å²) >= 11 is 0. The third-order valence-corrected chi connectivity index (χ3v) is 5.89. The molecule has 0 radical (unpaired) electrons. The highest BCUT2D eigenvalue weighted by Crippen LogP contribution is 2.54. The van der Waals surface area contributed by atoms with Crippen LogP contribution in [0.4, 0.5) is 0 Å². The van der Waals surface area contributed by atoms with Gasteiger partial charge in [-0.1, -0.05) is 64.7 Å². The van der Waals surface area contributed by atoms with E-state index in [4.69, 9.17) is 5.11 Å². The summed E-state index contributed by atoms with van der Waals surface area (Å²) in [6, 6.07) is 0. The van der Waals surface area contributed by atoms with Crippen molar-refractivity contribution in [1.29, 1.82) is 0 Å². The number of aliphatic carboxylic acids is 1. The second-order valence-corrected chi connectivity index (χ2v) is 7.94. The summed E-state index contributed by atoms with van der Waals surface area (Å²) in [5.41, 5.74) is 0. The van der Waals surface area contributed by atoms with E-state index in [-0.39, 0.29) is 0 Å². The molecule has 2 fully saturated rings. The van der Waals surface area contributed by atoms with Crippen molar-refractivity contribution in [2.45, 2.75) is 96.8 Å². The summed E-state index contributed by atoms with van der Waals surface area (Å²) in [6.07, 6.45) is 18.0. The van der Waals surface area contributed by atoms with Crippen LogP contribution in [0, 0.1) is 23.7 Å². The van der Waals surface area contributed by atoms with Gasteiger partial charge in [-0.3, -0.25) is 4.79 Å². The van der Waals surface area contributed by atoms with Gasteiger partial charge in [0.2, 0.25) is 0 Å². The first-order chi connectivity index (χ1) is 10.7. The van der Waals surface area contributed by atoms with Crippen molar-refractivity contribution in [2.24, 2.45) is 23.7 Å². The van der Waals surface area contributed by atoms with Crippen LogP contribution in [0.25, 0.3) is 0 Å². The van der Waals surface area contributed by atoms with E-state index in [9.17, 15) is 4.79 Å². The average Bonchev–Trinajstić information content (AvgIpc) is 3.38. The van der Waals surface area contributed by atoms with Gasteiger partial charge >= 0.3 is 5.97 Å². The fourth-order valence-corrected chi connectivity index (χ4v) is 4.16. The molecule has 2 saturated carbocycles. The molecule has 22 heavy (non-hydrogen) atoms. The highest BCUT2D eigenvalue weighted by atomic mass is 16.4. The Morgan fingerprint density at radius 3 is 1.95 bits per heavy atom. The lowest BCUT2D eigenvalue weighted by Gasteiger charge is -2.02. The molecule has 2 aliphatic carbocycles. The van der Waals surface area contributed by atoms with Crippen molar-refractivity contribution >= 4 is 5.97 Å². The van der Waals surface area contributed by atoms with Crippen molar-refractivity contribution in [3.05, 3.63) is 0 Å². The standard InChI is InChI=1S/C20H36O2/c1-2-3-7-10-16-13-18(16)15-19-14-17(19)11-8-5-4-6-9-12-20(21)22/h16-19H,2-15H2,1H3,(H,21,22)/t16-,17-,18?,19-/m1/s1. The molecule has 2 aliphatic rings. The van der Waals surface area contributed by atoms with E-state index < -0.39 is 5.97 Å². The Labute approximate surface area is 137 Å². The van der Waals surface area contributed by atoms with Crippen LogP contribution in [0.3, 0.4) is 0 Å². The molecule has 0 aromatic rings. The maximum atomic E-state index is 10.4. The summed E-state index contributed by atoms with van der Waals surface area (Å²) in [5.74, 6) is 3.68. The van der Waals surface area contributed by atoms with E-state index in [1.54, 1.807) is 6.42 Å². The quantitative estimate of drug-likeness (QED) is 0.397. The van der Waals surface area contributed by atoms with E-state index >= 15 is 0 Å². The van der Waals surface area contributed by atoms with Crippen LogP contribution in [0.2, 0.25) is 0 Å². The minimum absolute atomic E-state index is 0.353. The number of hydrogen-bond acceptors (Lipinski definition) is 1. The van der Waals surface area contributed by atoms with Gasteiger partial charge in [0.05, 0.1) is 0 Å². The first-order valence-electron chi connectivity index (χ1n) is 9.92. The van der Waals surface area contributed by atoms with Gasteiger partial charge in [-0.05, 0) is 49.4 Å². The molecule has 2 nitrogen and oxygen atoms in total. The molecule has 0 amide bonds.